The summed E-state index contributed by atoms with van der Waals surface area (Å²) < 4.78 is 6.09. The monoisotopic (exact) mass is 683 g/mol. The lowest BCUT2D eigenvalue weighted by molar-refractivity contribution is 1.02. The molecule has 0 saturated heterocycles. The molecular formula is C46H25N3S2. The highest BCUT2D eigenvalue weighted by atomic mass is 32.1. The van der Waals surface area contributed by atoms with Gasteiger partial charge in [0.2, 0.25) is 5.95 Å². The van der Waals surface area contributed by atoms with E-state index < -0.39 is 0 Å². The summed E-state index contributed by atoms with van der Waals surface area (Å²) in [5.41, 5.74) is 4.32. The lowest BCUT2D eigenvalue weighted by Crippen LogP contribution is -2.03. The van der Waals surface area contributed by atoms with Gasteiger partial charge in [-0.05, 0) is 74.8 Å². The molecule has 0 aliphatic rings. The number of hydrogen-bond donors (Lipinski definition) is 0. The normalized spacial score (nSPS) is 12.3. The van der Waals surface area contributed by atoms with E-state index in [-0.39, 0.29) is 0 Å². The molecule has 3 nitrogen and oxygen atoms in total. The van der Waals surface area contributed by atoms with Crippen LogP contribution in [0.15, 0.2) is 152 Å². The fourth-order valence-electron chi connectivity index (χ4n) is 8.29. The Morgan fingerprint density at radius 1 is 0.392 bits per heavy atom. The van der Waals surface area contributed by atoms with Crippen LogP contribution >= 0.6 is 22.7 Å². The van der Waals surface area contributed by atoms with Crippen molar-refractivity contribution in [3.63, 3.8) is 0 Å². The van der Waals surface area contributed by atoms with Crippen molar-refractivity contribution in [2.24, 2.45) is 0 Å². The van der Waals surface area contributed by atoms with Crippen molar-refractivity contribution < 1.29 is 0 Å². The third kappa shape index (κ3) is 3.87. The van der Waals surface area contributed by atoms with E-state index in [1.807, 2.05) is 11.3 Å². The van der Waals surface area contributed by atoms with Gasteiger partial charge in [-0.1, -0.05) is 109 Å². The highest BCUT2D eigenvalue weighted by molar-refractivity contribution is 7.26. The van der Waals surface area contributed by atoms with Crippen LogP contribution in [0.3, 0.4) is 0 Å². The molecule has 51 heavy (non-hydrogen) atoms. The molecule has 0 saturated carbocycles. The number of fused-ring (bicyclic) bond motifs is 13. The van der Waals surface area contributed by atoms with Crippen molar-refractivity contribution in [2.45, 2.75) is 0 Å². The molecule has 0 amide bonds. The predicted octanol–water partition coefficient (Wildman–Crippen LogP) is 13.4. The number of rotatable bonds is 2. The molecule has 5 heteroatoms. The van der Waals surface area contributed by atoms with Gasteiger partial charge in [0.15, 0.2) is 0 Å². The van der Waals surface area contributed by atoms with Crippen LogP contribution in [0.5, 0.6) is 0 Å². The van der Waals surface area contributed by atoms with Crippen LogP contribution in [0.1, 0.15) is 0 Å². The Morgan fingerprint density at radius 3 is 1.55 bits per heavy atom. The van der Waals surface area contributed by atoms with Gasteiger partial charge in [-0.3, -0.25) is 4.57 Å². The van der Waals surface area contributed by atoms with E-state index in [9.17, 15) is 0 Å². The molecule has 0 fully saturated rings. The zero-order valence-electron chi connectivity index (χ0n) is 27.1. The number of aromatic nitrogens is 3. The molecule has 236 valence electrons. The smallest absolute Gasteiger partial charge is 0.236 e. The summed E-state index contributed by atoms with van der Waals surface area (Å²) in [5.74, 6) is 0.690. The summed E-state index contributed by atoms with van der Waals surface area (Å²) in [6.45, 7) is 0. The molecule has 0 spiro atoms. The van der Waals surface area contributed by atoms with Crippen molar-refractivity contribution in [1.82, 2.24) is 14.5 Å². The van der Waals surface area contributed by atoms with Gasteiger partial charge in [-0.2, -0.15) is 0 Å². The summed E-state index contributed by atoms with van der Waals surface area (Å²) in [5, 5.41) is 14.6. The maximum Gasteiger partial charge on any atom is 0.236 e. The zero-order valence-corrected chi connectivity index (χ0v) is 28.7. The van der Waals surface area contributed by atoms with Gasteiger partial charge in [0.05, 0.1) is 16.7 Å². The fraction of sp³-hybridized carbons (Fsp3) is 0. The summed E-state index contributed by atoms with van der Waals surface area (Å²) >= 11 is 3.61. The van der Waals surface area contributed by atoms with Gasteiger partial charge < -0.3 is 0 Å². The van der Waals surface area contributed by atoms with Crippen molar-refractivity contribution in [1.29, 1.82) is 0 Å². The molecule has 12 aromatic rings. The van der Waals surface area contributed by atoms with E-state index in [1.54, 1.807) is 11.3 Å². The average Bonchev–Trinajstić information content (AvgIpc) is 3.84. The van der Waals surface area contributed by atoms with Crippen LogP contribution in [0, 0.1) is 0 Å². The van der Waals surface area contributed by atoms with E-state index in [1.165, 1.54) is 73.3 Å². The molecule has 0 radical (unpaired) electrons. The Hall–Kier alpha value is -6.14. The average molecular weight is 684 g/mol. The minimum atomic E-state index is 0.690. The minimum absolute atomic E-state index is 0.690. The van der Waals surface area contributed by atoms with Crippen LogP contribution < -0.4 is 0 Å². The van der Waals surface area contributed by atoms with Gasteiger partial charge in [0.1, 0.15) is 4.83 Å². The van der Waals surface area contributed by atoms with Crippen LogP contribution in [0.25, 0.3) is 112 Å². The fourth-order valence-corrected chi connectivity index (χ4v) is 10.5. The SMILES string of the molecule is c1ccc2cc3c(cc2c1)c1cc2ccccc2cc1n3-c1nc(-c2cc3sc4ccccc4c3c3ccccc23)c2c(n1)sc1ccccc12. The first-order valence-corrected chi connectivity index (χ1v) is 18.8. The number of hydrogen-bond acceptors (Lipinski definition) is 4. The quantitative estimate of drug-likeness (QED) is 0.182. The zero-order chi connectivity index (χ0) is 33.2. The van der Waals surface area contributed by atoms with Crippen LogP contribution in [0.2, 0.25) is 0 Å². The largest absolute Gasteiger partial charge is 0.278 e. The first-order valence-electron chi connectivity index (χ1n) is 17.2. The molecule has 12 rings (SSSR count). The maximum atomic E-state index is 5.67. The van der Waals surface area contributed by atoms with Crippen molar-refractivity contribution >= 4 is 117 Å². The summed E-state index contributed by atoms with van der Waals surface area (Å²) in [6, 6.07) is 55.2. The second-order valence-corrected chi connectivity index (χ2v) is 15.5. The van der Waals surface area contributed by atoms with Crippen molar-refractivity contribution in [3.8, 4) is 17.2 Å². The summed E-state index contributed by atoms with van der Waals surface area (Å²) in [4.78, 5) is 12.1. The molecular weight excluding hydrogens is 659 g/mol. The van der Waals surface area contributed by atoms with Crippen molar-refractivity contribution in [3.05, 3.63) is 152 Å². The molecule has 0 aliphatic heterocycles. The lowest BCUT2D eigenvalue weighted by atomic mass is 9.96. The summed E-state index contributed by atoms with van der Waals surface area (Å²) in [7, 11) is 0. The van der Waals surface area contributed by atoms with Gasteiger partial charge in [0.25, 0.3) is 0 Å². The second-order valence-electron chi connectivity index (χ2n) is 13.4. The third-order valence-electron chi connectivity index (χ3n) is 10.6. The first-order chi connectivity index (χ1) is 25.3. The molecule has 4 aromatic heterocycles. The number of thiophene rings is 2. The summed E-state index contributed by atoms with van der Waals surface area (Å²) in [6.07, 6.45) is 0. The topological polar surface area (TPSA) is 30.7 Å². The Kier molecular flexibility index (Phi) is 5.53. The highest BCUT2D eigenvalue weighted by Gasteiger charge is 2.23. The van der Waals surface area contributed by atoms with Gasteiger partial charge in [-0.25, -0.2) is 9.97 Å². The minimum Gasteiger partial charge on any atom is -0.278 e. The van der Waals surface area contributed by atoms with E-state index in [2.05, 4.69) is 156 Å². The van der Waals surface area contributed by atoms with Crippen LogP contribution in [0.4, 0.5) is 0 Å². The maximum absolute atomic E-state index is 5.67. The molecule has 0 aliphatic carbocycles. The van der Waals surface area contributed by atoms with Crippen molar-refractivity contribution in [2.75, 3.05) is 0 Å². The molecule has 8 aromatic carbocycles. The molecule has 0 unspecified atom stereocenters. The standard InChI is InChI=1S/C46H25N3S2/c1-3-13-28-23-37-34(21-26(28)11-1)35-22-27-12-2-4-14-29(27)24-38(35)49(37)46-47-44(43-33-18-8-10-20-40(33)51-45(43)48-46)36-25-41-42(31-16-6-5-15-30(31)36)32-17-7-9-19-39(32)50-41/h1-25H. The second kappa shape index (κ2) is 10.2. The Morgan fingerprint density at radius 2 is 0.902 bits per heavy atom. The number of nitrogens with zero attached hydrogens (tertiary/aromatic N) is 3. The van der Waals surface area contributed by atoms with Crippen LogP contribution in [-0.2, 0) is 0 Å². The van der Waals surface area contributed by atoms with E-state index >= 15 is 0 Å². The lowest BCUT2D eigenvalue weighted by Gasteiger charge is -2.13. The molecule has 0 atom stereocenters. The highest BCUT2D eigenvalue weighted by Crippen LogP contribution is 2.46. The van der Waals surface area contributed by atoms with Crippen LogP contribution in [-0.4, -0.2) is 14.5 Å². The predicted molar refractivity (Wildman–Crippen MR) is 220 cm³/mol. The van der Waals surface area contributed by atoms with E-state index in [0.717, 1.165) is 32.5 Å². The molecule has 0 bridgehead atoms. The Bertz CT molecular complexity index is 3340. The Labute approximate surface area is 299 Å². The van der Waals surface area contributed by atoms with Gasteiger partial charge >= 0.3 is 0 Å². The van der Waals surface area contributed by atoms with E-state index in [0.29, 0.717) is 5.95 Å². The third-order valence-corrected chi connectivity index (χ3v) is 12.7. The molecule has 4 heterocycles. The van der Waals surface area contributed by atoms with E-state index in [4.69, 9.17) is 9.97 Å². The van der Waals surface area contributed by atoms with Gasteiger partial charge in [-0.15, -0.1) is 22.7 Å². The van der Waals surface area contributed by atoms with Gasteiger partial charge in [0, 0.05) is 52.0 Å². The first kappa shape index (κ1) is 27.7. The Balaban J connectivity index is 1.26. The number of benzene rings is 8. The molecule has 0 N–H and O–H groups in total.